The lowest BCUT2D eigenvalue weighted by molar-refractivity contribution is 0.713. The minimum atomic E-state index is 0.682. The van der Waals surface area contributed by atoms with Crippen molar-refractivity contribution in [2.45, 2.75) is 46.0 Å². The van der Waals surface area contributed by atoms with E-state index in [1.165, 1.54) is 30.4 Å². The lowest BCUT2D eigenvalue weighted by atomic mass is 10.0. The first-order valence-corrected chi connectivity index (χ1v) is 5.79. The van der Waals surface area contributed by atoms with Gasteiger partial charge in [-0.25, -0.2) is 4.98 Å². The normalized spacial score (nSPS) is 10.5. The van der Waals surface area contributed by atoms with Crippen molar-refractivity contribution in [1.82, 2.24) is 4.98 Å². The predicted octanol–water partition coefficient (Wildman–Crippen LogP) is 4.03. The summed E-state index contributed by atoms with van der Waals surface area (Å²) in [7, 11) is 0. The topological polar surface area (TPSA) is 12.9 Å². The van der Waals surface area contributed by atoms with E-state index in [0.717, 1.165) is 12.8 Å². The lowest BCUT2D eigenvalue weighted by Gasteiger charge is -2.08. The Labute approximate surface area is 91.5 Å². The van der Waals surface area contributed by atoms with Crippen LogP contribution < -0.4 is 0 Å². The van der Waals surface area contributed by atoms with Crippen LogP contribution in [0.1, 0.15) is 44.2 Å². The lowest BCUT2D eigenvalue weighted by Crippen LogP contribution is -1.96. The van der Waals surface area contributed by atoms with Gasteiger partial charge in [0.25, 0.3) is 0 Å². The maximum atomic E-state index is 6.03. The highest BCUT2D eigenvalue weighted by atomic mass is 35.5. The van der Waals surface area contributed by atoms with Crippen molar-refractivity contribution in [3.05, 3.63) is 28.5 Å². The fourth-order valence-electron chi connectivity index (χ4n) is 1.68. The summed E-state index contributed by atoms with van der Waals surface area (Å²) < 4.78 is 0. The molecule has 0 saturated carbocycles. The van der Waals surface area contributed by atoms with Gasteiger partial charge in [-0.1, -0.05) is 38.3 Å². The summed E-state index contributed by atoms with van der Waals surface area (Å²) in [6.07, 6.45) is 7.74. The van der Waals surface area contributed by atoms with Crippen LogP contribution in [0.25, 0.3) is 0 Å². The van der Waals surface area contributed by atoms with E-state index in [-0.39, 0.29) is 0 Å². The summed E-state index contributed by atoms with van der Waals surface area (Å²) in [5.41, 5.74) is 2.60. The number of aromatic nitrogens is 1. The third kappa shape index (κ3) is 2.98. The first kappa shape index (κ1) is 11.5. The molecule has 0 fully saturated rings. The first-order chi connectivity index (χ1) is 6.79. The highest BCUT2D eigenvalue weighted by Crippen LogP contribution is 2.19. The second-order valence-electron chi connectivity index (χ2n) is 3.55. The van der Waals surface area contributed by atoms with Crippen LogP contribution >= 0.6 is 11.6 Å². The summed E-state index contributed by atoms with van der Waals surface area (Å²) in [6.45, 7) is 4.35. The molecular formula is C12H18ClN. The maximum absolute atomic E-state index is 6.03. The molecule has 1 rings (SSSR count). The number of hydrogen-bond acceptors (Lipinski definition) is 1. The number of aryl methyl sites for hydroxylation is 1. The van der Waals surface area contributed by atoms with Gasteiger partial charge in [0.2, 0.25) is 0 Å². The average molecular weight is 212 g/mol. The average Bonchev–Trinajstić information content (AvgIpc) is 2.18. The fraction of sp³-hybridized carbons (Fsp3) is 0.583. The van der Waals surface area contributed by atoms with Crippen molar-refractivity contribution in [2.75, 3.05) is 0 Å². The van der Waals surface area contributed by atoms with Crippen molar-refractivity contribution >= 4 is 11.6 Å². The molecule has 0 spiro atoms. The molecule has 2 heteroatoms. The van der Waals surface area contributed by atoms with Gasteiger partial charge in [-0.2, -0.15) is 0 Å². The van der Waals surface area contributed by atoms with Crippen LogP contribution in [0.3, 0.4) is 0 Å². The number of hydrogen-bond donors (Lipinski definition) is 0. The predicted molar refractivity (Wildman–Crippen MR) is 61.9 cm³/mol. The van der Waals surface area contributed by atoms with Crippen LogP contribution in [-0.2, 0) is 12.8 Å². The molecule has 78 valence electrons. The van der Waals surface area contributed by atoms with E-state index in [4.69, 9.17) is 11.6 Å². The highest BCUT2D eigenvalue weighted by Gasteiger charge is 2.05. The Balaban J connectivity index is 2.70. The number of unbranched alkanes of at least 4 members (excludes halogenated alkanes) is 2. The van der Waals surface area contributed by atoms with Crippen molar-refractivity contribution in [3.63, 3.8) is 0 Å². The van der Waals surface area contributed by atoms with Gasteiger partial charge in [0, 0.05) is 6.20 Å². The first-order valence-electron chi connectivity index (χ1n) is 5.41. The van der Waals surface area contributed by atoms with Gasteiger partial charge in [0.05, 0.1) is 0 Å². The molecule has 0 N–H and O–H groups in total. The molecule has 14 heavy (non-hydrogen) atoms. The molecular weight excluding hydrogens is 194 g/mol. The molecule has 0 aliphatic carbocycles. The molecule has 1 aromatic heterocycles. The van der Waals surface area contributed by atoms with Gasteiger partial charge in [0.15, 0.2) is 0 Å². The third-order valence-corrected chi connectivity index (χ3v) is 2.83. The molecule has 0 atom stereocenters. The molecule has 0 unspecified atom stereocenters. The Morgan fingerprint density at radius 3 is 2.71 bits per heavy atom. The smallest absolute Gasteiger partial charge is 0.132 e. The van der Waals surface area contributed by atoms with Crippen molar-refractivity contribution < 1.29 is 0 Å². The monoisotopic (exact) mass is 211 g/mol. The Morgan fingerprint density at radius 2 is 2.07 bits per heavy atom. The zero-order chi connectivity index (χ0) is 10.4. The van der Waals surface area contributed by atoms with E-state index in [2.05, 4.69) is 24.9 Å². The molecule has 1 nitrogen and oxygen atoms in total. The molecule has 0 aliphatic heterocycles. The van der Waals surface area contributed by atoms with E-state index in [0.29, 0.717) is 5.15 Å². The summed E-state index contributed by atoms with van der Waals surface area (Å²) in [4.78, 5) is 4.10. The summed E-state index contributed by atoms with van der Waals surface area (Å²) >= 11 is 6.03. The molecule has 0 aliphatic rings. The number of halogens is 1. The Morgan fingerprint density at radius 1 is 1.29 bits per heavy atom. The third-order valence-electron chi connectivity index (χ3n) is 2.50. The zero-order valence-electron chi connectivity index (χ0n) is 9.02. The second-order valence-corrected chi connectivity index (χ2v) is 3.91. The van der Waals surface area contributed by atoms with Gasteiger partial charge < -0.3 is 0 Å². The van der Waals surface area contributed by atoms with Gasteiger partial charge in [-0.3, -0.25) is 0 Å². The van der Waals surface area contributed by atoms with Gasteiger partial charge >= 0.3 is 0 Å². The van der Waals surface area contributed by atoms with Crippen LogP contribution in [-0.4, -0.2) is 4.98 Å². The van der Waals surface area contributed by atoms with E-state index in [1.54, 1.807) is 0 Å². The Bertz CT molecular complexity index is 284. The molecule has 1 heterocycles. The maximum Gasteiger partial charge on any atom is 0.132 e. The van der Waals surface area contributed by atoms with Crippen LogP contribution in [0.4, 0.5) is 0 Å². The Kier molecular flexibility index (Phi) is 4.95. The number of pyridine rings is 1. The molecule has 0 aromatic carbocycles. The SMILES string of the molecule is CCCCCc1ccnc(Cl)c1CC. The van der Waals surface area contributed by atoms with Crippen LogP contribution in [0.5, 0.6) is 0 Å². The zero-order valence-corrected chi connectivity index (χ0v) is 9.77. The van der Waals surface area contributed by atoms with Gasteiger partial charge in [-0.15, -0.1) is 0 Å². The van der Waals surface area contributed by atoms with Crippen LogP contribution in [0, 0.1) is 0 Å². The number of nitrogens with zero attached hydrogens (tertiary/aromatic N) is 1. The second kappa shape index (κ2) is 6.02. The summed E-state index contributed by atoms with van der Waals surface area (Å²) in [5, 5.41) is 0.682. The minimum Gasteiger partial charge on any atom is -0.244 e. The molecule has 0 amide bonds. The van der Waals surface area contributed by atoms with Crippen LogP contribution in [0.2, 0.25) is 5.15 Å². The largest absolute Gasteiger partial charge is 0.244 e. The molecule has 1 aromatic rings. The van der Waals surface area contributed by atoms with Crippen molar-refractivity contribution in [2.24, 2.45) is 0 Å². The quantitative estimate of drug-likeness (QED) is 0.530. The molecule has 0 saturated heterocycles. The Hall–Kier alpha value is -0.560. The molecule has 0 radical (unpaired) electrons. The van der Waals surface area contributed by atoms with E-state index in [9.17, 15) is 0 Å². The summed E-state index contributed by atoms with van der Waals surface area (Å²) in [6, 6.07) is 2.10. The van der Waals surface area contributed by atoms with E-state index < -0.39 is 0 Å². The fourth-order valence-corrected chi connectivity index (χ4v) is 1.99. The number of rotatable bonds is 5. The van der Waals surface area contributed by atoms with Gasteiger partial charge in [-0.05, 0) is 36.5 Å². The van der Waals surface area contributed by atoms with Crippen LogP contribution in [0.15, 0.2) is 12.3 Å². The standard InChI is InChI=1S/C12H18ClN/c1-3-5-6-7-10-8-9-14-12(13)11(10)4-2/h8-9H,3-7H2,1-2H3. The van der Waals surface area contributed by atoms with Gasteiger partial charge in [0.1, 0.15) is 5.15 Å². The highest BCUT2D eigenvalue weighted by molar-refractivity contribution is 6.30. The van der Waals surface area contributed by atoms with Crippen molar-refractivity contribution in [3.8, 4) is 0 Å². The molecule has 0 bridgehead atoms. The van der Waals surface area contributed by atoms with E-state index in [1.807, 2.05) is 6.20 Å². The van der Waals surface area contributed by atoms with E-state index >= 15 is 0 Å². The minimum absolute atomic E-state index is 0.682. The van der Waals surface area contributed by atoms with Crippen molar-refractivity contribution in [1.29, 1.82) is 0 Å². The summed E-state index contributed by atoms with van der Waals surface area (Å²) in [5.74, 6) is 0.